The highest BCUT2D eigenvalue weighted by Crippen LogP contribution is 2.31. The monoisotopic (exact) mass is 393 g/mol. The molecule has 0 bridgehead atoms. The molecule has 7 heteroatoms. The maximum atomic E-state index is 12.9. The molecule has 1 saturated heterocycles. The van der Waals surface area contributed by atoms with Crippen molar-refractivity contribution in [2.24, 2.45) is 0 Å². The first-order valence-corrected chi connectivity index (χ1v) is 10.1. The van der Waals surface area contributed by atoms with Crippen molar-refractivity contribution in [3.05, 3.63) is 60.0 Å². The zero-order valence-corrected chi connectivity index (χ0v) is 16.5. The number of para-hydroxylation sites is 2. The van der Waals surface area contributed by atoms with Gasteiger partial charge in [0.2, 0.25) is 6.10 Å². The Morgan fingerprint density at radius 2 is 1.93 bits per heavy atom. The highest BCUT2D eigenvalue weighted by atomic mass is 16.6. The molecule has 0 saturated carbocycles. The lowest BCUT2D eigenvalue weighted by molar-refractivity contribution is -0.917. The SMILES string of the molecule is Cc1ccc2nc(C[NH+]3CCN(C(=O)[C@H]4COc5ccccc5O4)CC3)cn2c1. The Morgan fingerprint density at radius 1 is 1.14 bits per heavy atom. The van der Waals surface area contributed by atoms with Crippen LogP contribution in [0.1, 0.15) is 11.3 Å². The predicted octanol–water partition coefficient (Wildman–Crippen LogP) is 0.710. The molecule has 2 aromatic heterocycles. The van der Waals surface area contributed by atoms with Crippen LogP contribution in [0.25, 0.3) is 5.65 Å². The van der Waals surface area contributed by atoms with Gasteiger partial charge in [0, 0.05) is 12.4 Å². The summed E-state index contributed by atoms with van der Waals surface area (Å²) in [6, 6.07) is 11.6. The van der Waals surface area contributed by atoms with Crippen molar-refractivity contribution in [3.8, 4) is 11.5 Å². The summed E-state index contributed by atoms with van der Waals surface area (Å²) in [5, 5.41) is 0. The van der Waals surface area contributed by atoms with Gasteiger partial charge in [0.05, 0.1) is 26.2 Å². The van der Waals surface area contributed by atoms with Crippen LogP contribution in [0.2, 0.25) is 0 Å². The molecule has 1 atom stereocenters. The summed E-state index contributed by atoms with van der Waals surface area (Å²) in [5.41, 5.74) is 3.29. The number of rotatable bonds is 3. The topological polar surface area (TPSA) is 60.5 Å². The minimum absolute atomic E-state index is 0.0155. The van der Waals surface area contributed by atoms with Crippen molar-refractivity contribution in [1.29, 1.82) is 0 Å². The van der Waals surface area contributed by atoms with E-state index in [1.807, 2.05) is 29.2 Å². The van der Waals surface area contributed by atoms with E-state index in [-0.39, 0.29) is 12.5 Å². The number of aromatic nitrogens is 2. The van der Waals surface area contributed by atoms with Gasteiger partial charge in [0.1, 0.15) is 24.5 Å². The van der Waals surface area contributed by atoms with Crippen molar-refractivity contribution >= 4 is 11.6 Å². The molecule has 2 aliphatic rings. The van der Waals surface area contributed by atoms with Crippen molar-refractivity contribution in [1.82, 2.24) is 14.3 Å². The number of fused-ring (bicyclic) bond motifs is 2. The predicted molar refractivity (Wildman–Crippen MR) is 107 cm³/mol. The van der Waals surface area contributed by atoms with Gasteiger partial charge in [-0.15, -0.1) is 0 Å². The van der Waals surface area contributed by atoms with Crippen LogP contribution < -0.4 is 14.4 Å². The number of quaternary nitrogens is 1. The van der Waals surface area contributed by atoms with E-state index < -0.39 is 6.10 Å². The molecule has 0 unspecified atom stereocenters. The third kappa shape index (κ3) is 3.65. The van der Waals surface area contributed by atoms with Gasteiger partial charge >= 0.3 is 0 Å². The van der Waals surface area contributed by atoms with Crippen LogP contribution in [0.15, 0.2) is 48.8 Å². The number of ether oxygens (including phenoxy) is 2. The summed E-state index contributed by atoms with van der Waals surface area (Å²) in [4.78, 5) is 20.9. The van der Waals surface area contributed by atoms with E-state index >= 15 is 0 Å². The number of aryl methyl sites for hydroxylation is 1. The highest BCUT2D eigenvalue weighted by Gasteiger charge is 2.33. The Morgan fingerprint density at radius 3 is 2.76 bits per heavy atom. The largest absolute Gasteiger partial charge is 0.485 e. The molecule has 1 fully saturated rings. The lowest BCUT2D eigenvalue weighted by atomic mass is 10.2. The number of amides is 1. The number of hydrogen-bond acceptors (Lipinski definition) is 4. The van der Waals surface area contributed by atoms with E-state index in [1.165, 1.54) is 10.5 Å². The van der Waals surface area contributed by atoms with Crippen molar-refractivity contribution in [2.45, 2.75) is 19.6 Å². The lowest BCUT2D eigenvalue weighted by Gasteiger charge is -2.35. The molecule has 3 aromatic rings. The van der Waals surface area contributed by atoms with Crippen molar-refractivity contribution in [3.63, 3.8) is 0 Å². The number of carbonyl (C=O) groups excluding carboxylic acids is 1. The summed E-state index contributed by atoms with van der Waals surface area (Å²) in [5.74, 6) is 1.36. The fourth-order valence-electron chi connectivity index (χ4n) is 4.06. The van der Waals surface area contributed by atoms with Crippen LogP contribution in [0.5, 0.6) is 11.5 Å². The number of nitrogens with one attached hydrogen (secondary N) is 1. The minimum atomic E-state index is -0.562. The number of pyridine rings is 1. The number of piperazine rings is 1. The summed E-state index contributed by atoms with van der Waals surface area (Å²) in [6.07, 6.45) is 3.65. The molecular weight excluding hydrogens is 368 g/mol. The molecule has 1 aromatic carbocycles. The number of imidazole rings is 1. The lowest BCUT2D eigenvalue weighted by Crippen LogP contribution is -3.13. The van der Waals surface area contributed by atoms with Gasteiger partial charge in [-0.1, -0.05) is 18.2 Å². The van der Waals surface area contributed by atoms with Gasteiger partial charge in [-0.25, -0.2) is 4.98 Å². The quantitative estimate of drug-likeness (QED) is 0.712. The van der Waals surface area contributed by atoms with Crippen LogP contribution in [0, 0.1) is 6.92 Å². The Kier molecular flexibility index (Phi) is 4.60. The second kappa shape index (κ2) is 7.40. The fraction of sp³-hybridized carbons (Fsp3) is 0.364. The highest BCUT2D eigenvalue weighted by molar-refractivity contribution is 5.82. The molecule has 0 spiro atoms. The maximum Gasteiger partial charge on any atom is 0.267 e. The number of carbonyl (C=O) groups is 1. The van der Waals surface area contributed by atoms with Crippen LogP contribution in [0.3, 0.4) is 0 Å². The van der Waals surface area contributed by atoms with Crippen LogP contribution in [-0.2, 0) is 11.3 Å². The molecule has 5 rings (SSSR count). The minimum Gasteiger partial charge on any atom is -0.485 e. The van der Waals surface area contributed by atoms with Gasteiger partial charge in [0.15, 0.2) is 11.5 Å². The normalized spacial score (nSPS) is 19.5. The van der Waals surface area contributed by atoms with Crippen LogP contribution in [0.4, 0.5) is 0 Å². The van der Waals surface area contributed by atoms with Gasteiger partial charge in [0.25, 0.3) is 5.91 Å². The average Bonchev–Trinajstić information content (AvgIpc) is 3.14. The number of nitrogens with zero attached hydrogens (tertiary/aromatic N) is 3. The van der Waals surface area contributed by atoms with Gasteiger partial charge in [-0.05, 0) is 30.7 Å². The van der Waals surface area contributed by atoms with E-state index in [4.69, 9.17) is 14.5 Å². The van der Waals surface area contributed by atoms with Crippen LogP contribution in [-0.4, -0.2) is 59.1 Å². The molecular formula is C22H25N4O3+. The molecule has 0 aliphatic carbocycles. The number of benzene rings is 1. The maximum absolute atomic E-state index is 12.9. The summed E-state index contributed by atoms with van der Waals surface area (Å²) >= 11 is 0. The number of hydrogen-bond donors (Lipinski definition) is 1. The average molecular weight is 393 g/mol. The Bertz CT molecular complexity index is 1040. The third-order valence-electron chi connectivity index (χ3n) is 5.65. The van der Waals surface area contributed by atoms with Crippen molar-refractivity contribution < 1.29 is 19.2 Å². The molecule has 1 amide bonds. The smallest absolute Gasteiger partial charge is 0.267 e. The summed E-state index contributed by atoms with van der Waals surface area (Å²) in [7, 11) is 0. The molecule has 0 radical (unpaired) electrons. The third-order valence-corrected chi connectivity index (χ3v) is 5.65. The standard InChI is InChI=1S/C22H24N4O3/c1-16-6-7-21-23-17(14-26(21)12-16)13-24-8-10-25(11-9-24)22(27)20-15-28-18-4-2-3-5-19(18)29-20/h2-7,12,14,20H,8-11,13,15H2,1H3/p+1/t20-/m1/s1. The fourth-order valence-corrected chi connectivity index (χ4v) is 4.06. The first-order valence-electron chi connectivity index (χ1n) is 10.1. The molecule has 2 aliphatic heterocycles. The second-order valence-electron chi connectivity index (χ2n) is 7.82. The molecule has 1 N–H and O–H groups in total. The van der Waals surface area contributed by atoms with Crippen molar-refractivity contribution in [2.75, 3.05) is 32.8 Å². The Balaban J connectivity index is 1.17. The Hall–Kier alpha value is -3.06. The van der Waals surface area contributed by atoms with E-state index in [0.29, 0.717) is 11.5 Å². The van der Waals surface area contributed by atoms with Gasteiger partial charge < -0.3 is 23.7 Å². The molecule has 29 heavy (non-hydrogen) atoms. The van der Waals surface area contributed by atoms with Crippen LogP contribution >= 0.6 is 0 Å². The second-order valence-corrected chi connectivity index (χ2v) is 7.82. The van der Waals surface area contributed by atoms with Gasteiger partial charge in [-0.2, -0.15) is 0 Å². The van der Waals surface area contributed by atoms with E-state index in [1.54, 1.807) is 0 Å². The molecule has 4 heterocycles. The zero-order chi connectivity index (χ0) is 19.8. The Labute approximate surface area is 169 Å². The first kappa shape index (κ1) is 18.0. The van der Waals surface area contributed by atoms with Gasteiger partial charge in [-0.3, -0.25) is 4.79 Å². The molecule has 7 nitrogen and oxygen atoms in total. The molecule has 150 valence electrons. The first-order chi connectivity index (χ1) is 14.2. The van der Waals surface area contributed by atoms with E-state index in [2.05, 4.69) is 35.9 Å². The zero-order valence-electron chi connectivity index (χ0n) is 16.5. The summed E-state index contributed by atoms with van der Waals surface area (Å²) < 4.78 is 13.7. The van der Waals surface area contributed by atoms with E-state index in [0.717, 1.165) is 44.1 Å². The van der Waals surface area contributed by atoms with E-state index in [9.17, 15) is 4.79 Å². The summed E-state index contributed by atoms with van der Waals surface area (Å²) in [6.45, 7) is 6.49.